The molecule has 6 nitrogen and oxygen atoms in total. The number of hydrogen-bond acceptors (Lipinski definition) is 4. The van der Waals surface area contributed by atoms with E-state index in [1.165, 1.54) is 0 Å². The summed E-state index contributed by atoms with van der Waals surface area (Å²) in [7, 11) is 0. The number of nitrogens with zero attached hydrogens (tertiary/aromatic N) is 1. The topological polar surface area (TPSA) is 75.7 Å². The maximum atomic E-state index is 12.4. The summed E-state index contributed by atoms with van der Waals surface area (Å²) in [5.41, 5.74) is 1.20. The zero-order valence-corrected chi connectivity index (χ0v) is 16.8. The van der Waals surface area contributed by atoms with Crippen molar-refractivity contribution in [1.29, 1.82) is 0 Å². The molecule has 1 fully saturated rings. The minimum absolute atomic E-state index is 0.0283. The maximum absolute atomic E-state index is 12.4. The van der Waals surface area contributed by atoms with Crippen LogP contribution in [-0.4, -0.2) is 35.8 Å². The first-order valence-corrected chi connectivity index (χ1v) is 9.91. The third-order valence-corrected chi connectivity index (χ3v) is 5.00. The number of nitrogens with one attached hydrogen (secondary N) is 1. The average Bonchev–Trinajstić information content (AvgIpc) is 2.75. The largest absolute Gasteiger partial charge is 0.426 e. The predicted octanol–water partition coefficient (Wildman–Crippen LogP) is 3.74. The van der Waals surface area contributed by atoms with E-state index >= 15 is 0 Å². The van der Waals surface area contributed by atoms with Crippen LogP contribution in [0.15, 0.2) is 54.6 Å². The molecule has 0 bridgehead atoms. The first-order valence-electron chi connectivity index (χ1n) is 9.91. The standard InChI is InChI=1S/C23H26N2O4/c1-16(2)22(27)25-14-12-18(13-15-25)23(28)29-20-10-8-19(9-11-20)24-21(26)17-6-4-3-5-7-17/h3-11,16,18H,12-15H2,1-2H3,(H,24,26). The Bertz CT molecular complexity index is 854. The Morgan fingerprint density at radius 3 is 2.17 bits per heavy atom. The van der Waals surface area contributed by atoms with E-state index in [1.807, 2.05) is 24.8 Å². The lowest BCUT2D eigenvalue weighted by Gasteiger charge is -2.32. The Balaban J connectivity index is 1.50. The van der Waals surface area contributed by atoms with Gasteiger partial charge in [0.25, 0.3) is 5.91 Å². The molecule has 1 aliphatic heterocycles. The Morgan fingerprint density at radius 2 is 1.59 bits per heavy atom. The lowest BCUT2D eigenvalue weighted by atomic mass is 9.96. The van der Waals surface area contributed by atoms with Gasteiger partial charge in [-0.15, -0.1) is 0 Å². The number of likely N-dealkylation sites (tertiary alicyclic amines) is 1. The van der Waals surface area contributed by atoms with Gasteiger partial charge in [0.2, 0.25) is 5.91 Å². The zero-order valence-electron chi connectivity index (χ0n) is 16.8. The molecule has 2 aromatic carbocycles. The Labute approximate surface area is 170 Å². The minimum atomic E-state index is -0.275. The molecule has 6 heteroatoms. The zero-order chi connectivity index (χ0) is 20.8. The number of rotatable bonds is 5. The number of anilines is 1. The van der Waals surface area contributed by atoms with Crippen LogP contribution in [0, 0.1) is 11.8 Å². The van der Waals surface area contributed by atoms with E-state index in [0.717, 1.165) is 0 Å². The van der Waals surface area contributed by atoms with E-state index in [1.54, 1.807) is 48.5 Å². The van der Waals surface area contributed by atoms with Gasteiger partial charge in [0.15, 0.2) is 0 Å². The van der Waals surface area contributed by atoms with Gasteiger partial charge in [0, 0.05) is 30.3 Å². The molecule has 0 aromatic heterocycles. The van der Waals surface area contributed by atoms with E-state index in [0.29, 0.717) is 42.9 Å². The SMILES string of the molecule is CC(C)C(=O)N1CCC(C(=O)Oc2ccc(NC(=O)c3ccccc3)cc2)CC1. The summed E-state index contributed by atoms with van der Waals surface area (Å²) in [5.74, 6) is -0.137. The Morgan fingerprint density at radius 1 is 0.966 bits per heavy atom. The third kappa shape index (κ3) is 5.44. The van der Waals surface area contributed by atoms with Gasteiger partial charge in [-0.25, -0.2) is 0 Å². The molecule has 1 heterocycles. The summed E-state index contributed by atoms with van der Waals surface area (Å²) in [5, 5.41) is 2.81. The van der Waals surface area contributed by atoms with Crippen LogP contribution in [0.25, 0.3) is 0 Å². The molecule has 0 radical (unpaired) electrons. The maximum Gasteiger partial charge on any atom is 0.314 e. The van der Waals surface area contributed by atoms with E-state index in [-0.39, 0.29) is 29.6 Å². The molecular weight excluding hydrogens is 368 g/mol. The van der Waals surface area contributed by atoms with Crippen LogP contribution in [0.2, 0.25) is 0 Å². The van der Waals surface area contributed by atoms with Crippen LogP contribution in [0.4, 0.5) is 5.69 Å². The second-order valence-electron chi connectivity index (χ2n) is 7.52. The van der Waals surface area contributed by atoms with Crippen LogP contribution in [0.5, 0.6) is 5.75 Å². The lowest BCUT2D eigenvalue weighted by Crippen LogP contribution is -2.42. The van der Waals surface area contributed by atoms with Gasteiger partial charge < -0.3 is 15.0 Å². The van der Waals surface area contributed by atoms with Gasteiger partial charge >= 0.3 is 5.97 Å². The summed E-state index contributed by atoms with van der Waals surface area (Å²) >= 11 is 0. The van der Waals surface area contributed by atoms with Crippen molar-refractivity contribution >= 4 is 23.5 Å². The molecule has 0 spiro atoms. The smallest absolute Gasteiger partial charge is 0.314 e. The van der Waals surface area contributed by atoms with Crippen molar-refractivity contribution in [3.05, 3.63) is 60.2 Å². The number of piperidine rings is 1. The predicted molar refractivity (Wildman–Crippen MR) is 111 cm³/mol. The van der Waals surface area contributed by atoms with E-state index in [9.17, 15) is 14.4 Å². The third-order valence-electron chi connectivity index (χ3n) is 5.00. The monoisotopic (exact) mass is 394 g/mol. The molecule has 1 N–H and O–H groups in total. The van der Waals surface area contributed by atoms with Gasteiger partial charge in [-0.1, -0.05) is 32.0 Å². The highest BCUT2D eigenvalue weighted by molar-refractivity contribution is 6.04. The van der Waals surface area contributed by atoms with Crippen LogP contribution < -0.4 is 10.1 Å². The van der Waals surface area contributed by atoms with Gasteiger partial charge in [-0.3, -0.25) is 14.4 Å². The van der Waals surface area contributed by atoms with Gasteiger partial charge in [-0.2, -0.15) is 0 Å². The molecule has 152 valence electrons. The number of hydrogen-bond donors (Lipinski definition) is 1. The summed E-state index contributed by atoms with van der Waals surface area (Å²) in [6.45, 7) is 4.94. The highest BCUT2D eigenvalue weighted by Gasteiger charge is 2.29. The molecule has 2 aromatic rings. The quantitative estimate of drug-likeness (QED) is 0.619. The van der Waals surface area contributed by atoms with Gasteiger partial charge in [-0.05, 0) is 49.2 Å². The molecule has 0 saturated carbocycles. The molecule has 29 heavy (non-hydrogen) atoms. The second kappa shape index (κ2) is 9.37. The first kappa shape index (κ1) is 20.6. The Hall–Kier alpha value is -3.15. The molecule has 1 aliphatic rings. The molecule has 0 aliphatic carbocycles. The summed E-state index contributed by atoms with van der Waals surface area (Å²) in [4.78, 5) is 38.5. The molecular formula is C23H26N2O4. The van der Waals surface area contributed by atoms with Crippen molar-refractivity contribution < 1.29 is 19.1 Å². The normalized spacial score (nSPS) is 14.5. The highest BCUT2D eigenvalue weighted by Crippen LogP contribution is 2.23. The highest BCUT2D eigenvalue weighted by atomic mass is 16.5. The minimum Gasteiger partial charge on any atom is -0.426 e. The van der Waals surface area contributed by atoms with Crippen LogP contribution in [-0.2, 0) is 9.59 Å². The van der Waals surface area contributed by atoms with Crippen molar-refractivity contribution in [2.75, 3.05) is 18.4 Å². The molecule has 2 amide bonds. The average molecular weight is 394 g/mol. The van der Waals surface area contributed by atoms with Crippen LogP contribution >= 0.6 is 0 Å². The summed E-state index contributed by atoms with van der Waals surface area (Å²) in [6, 6.07) is 15.7. The van der Waals surface area contributed by atoms with Crippen molar-refractivity contribution in [1.82, 2.24) is 4.90 Å². The number of amides is 2. The fourth-order valence-electron chi connectivity index (χ4n) is 3.30. The lowest BCUT2D eigenvalue weighted by molar-refractivity contribution is -0.144. The van der Waals surface area contributed by atoms with E-state index in [2.05, 4.69) is 5.32 Å². The number of carbonyl (C=O) groups excluding carboxylic acids is 3. The van der Waals surface area contributed by atoms with Crippen molar-refractivity contribution in [3.8, 4) is 5.75 Å². The number of carbonyl (C=O) groups is 3. The van der Waals surface area contributed by atoms with Crippen LogP contribution in [0.3, 0.4) is 0 Å². The van der Waals surface area contributed by atoms with Crippen molar-refractivity contribution in [2.24, 2.45) is 11.8 Å². The fourth-order valence-corrected chi connectivity index (χ4v) is 3.30. The fraction of sp³-hybridized carbons (Fsp3) is 0.348. The number of benzene rings is 2. The van der Waals surface area contributed by atoms with Crippen molar-refractivity contribution in [3.63, 3.8) is 0 Å². The van der Waals surface area contributed by atoms with Gasteiger partial charge in [0.05, 0.1) is 5.92 Å². The Kier molecular flexibility index (Phi) is 6.65. The summed E-state index contributed by atoms with van der Waals surface area (Å²) < 4.78 is 5.49. The number of esters is 1. The molecule has 0 unspecified atom stereocenters. The second-order valence-corrected chi connectivity index (χ2v) is 7.52. The molecule has 3 rings (SSSR count). The summed E-state index contributed by atoms with van der Waals surface area (Å²) in [6.07, 6.45) is 1.23. The van der Waals surface area contributed by atoms with Crippen molar-refractivity contribution in [2.45, 2.75) is 26.7 Å². The van der Waals surface area contributed by atoms with E-state index < -0.39 is 0 Å². The van der Waals surface area contributed by atoms with Gasteiger partial charge in [0.1, 0.15) is 5.75 Å². The first-order chi connectivity index (χ1) is 13.9. The molecule has 0 atom stereocenters. The van der Waals surface area contributed by atoms with Crippen LogP contribution in [0.1, 0.15) is 37.0 Å². The van der Waals surface area contributed by atoms with E-state index in [4.69, 9.17) is 4.74 Å². The number of ether oxygens (including phenoxy) is 1. The molecule has 1 saturated heterocycles.